The Morgan fingerprint density at radius 1 is 1.13 bits per heavy atom. The zero-order valence-corrected chi connectivity index (χ0v) is 17.0. The summed E-state index contributed by atoms with van der Waals surface area (Å²) in [5, 5.41) is 15.1. The van der Waals surface area contributed by atoms with E-state index in [9.17, 15) is 4.79 Å². The molecule has 31 heavy (non-hydrogen) atoms. The van der Waals surface area contributed by atoms with E-state index in [1.54, 1.807) is 29.2 Å². The molecule has 3 aromatic heterocycles. The third-order valence-electron chi connectivity index (χ3n) is 5.16. The van der Waals surface area contributed by atoms with Crippen molar-refractivity contribution in [2.75, 3.05) is 36.4 Å². The molecule has 0 saturated carbocycles. The van der Waals surface area contributed by atoms with Gasteiger partial charge in [0.2, 0.25) is 5.95 Å². The molecule has 4 aromatic rings. The molecule has 156 valence electrons. The summed E-state index contributed by atoms with van der Waals surface area (Å²) in [5.74, 6) is 0.764. The Bertz CT molecular complexity index is 1250. The fourth-order valence-electron chi connectivity index (χ4n) is 3.52. The number of hydrogen-bond donors (Lipinski definition) is 2. The summed E-state index contributed by atoms with van der Waals surface area (Å²) < 4.78 is 1.65. The monoisotopic (exact) mass is 415 g/mol. The van der Waals surface area contributed by atoms with Crippen LogP contribution in [0.25, 0.3) is 22.2 Å². The Hall–Kier alpha value is -3.92. The number of pyridine rings is 1. The third kappa shape index (κ3) is 4.05. The molecule has 0 radical (unpaired) electrons. The Balaban J connectivity index is 1.37. The van der Waals surface area contributed by atoms with Gasteiger partial charge in [-0.3, -0.25) is 14.8 Å². The average molecular weight is 415 g/mol. The molecule has 0 atom stereocenters. The number of amides is 1. The van der Waals surface area contributed by atoms with Gasteiger partial charge in [-0.1, -0.05) is 17.3 Å². The van der Waals surface area contributed by atoms with Gasteiger partial charge < -0.3 is 10.2 Å². The Labute approximate surface area is 178 Å². The molecule has 2 N–H and O–H groups in total. The molecule has 1 amide bonds. The van der Waals surface area contributed by atoms with Gasteiger partial charge in [0.05, 0.1) is 11.7 Å². The molecular weight excluding hydrogens is 394 g/mol. The minimum absolute atomic E-state index is 0.245. The number of piperazine rings is 1. The van der Waals surface area contributed by atoms with Gasteiger partial charge in [0.1, 0.15) is 11.5 Å². The highest BCUT2D eigenvalue weighted by molar-refractivity contribution is 6.04. The van der Waals surface area contributed by atoms with Crippen LogP contribution in [-0.4, -0.2) is 62.0 Å². The van der Waals surface area contributed by atoms with E-state index in [0.29, 0.717) is 11.1 Å². The van der Waals surface area contributed by atoms with Gasteiger partial charge in [0, 0.05) is 62.1 Å². The molecule has 10 nitrogen and oxygen atoms in total. The van der Waals surface area contributed by atoms with E-state index in [1.807, 2.05) is 31.4 Å². The second-order valence-corrected chi connectivity index (χ2v) is 7.34. The van der Waals surface area contributed by atoms with Gasteiger partial charge in [0.15, 0.2) is 0 Å². The van der Waals surface area contributed by atoms with Gasteiger partial charge >= 0.3 is 0 Å². The molecule has 4 heterocycles. The number of fused-ring (bicyclic) bond motifs is 1. The smallest absolute Gasteiger partial charge is 0.258 e. The van der Waals surface area contributed by atoms with E-state index >= 15 is 0 Å². The molecule has 1 saturated heterocycles. The standard InChI is InChI=1S/C21H21N9O/c1-29-13-18(27-28-29)14-2-3-16-12-24-21(25-17(16)10-14)26-20(31)15-4-5-23-19(11-15)30-8-6-22-7-9-30/h2-5,10-13,22H,6-9H2,1H3,(H,24,25,26,31). The fourth-order valence-corrected chi connectivity index (χ4v) is 3.52. The Morgan fingerprint density at radius 3 is 2.81 bits per heavy atom. The number of benzene rings is 1. The van der Waals surface area contributed by atoms with E-state index in [1.165, 1.54) is 0 Å². The molecule has 0 bridgehead atoms. The molecule has 0 spiro atoms. The normalized spacial score (nSPS) is 14.0. The largest absolute Gasteiger partial charge is 0.354 e. The summed E-state index contributed by atoms with van der Waals surface area (Å²) in [4.78, 5) is 28.2. The Morgan fingerprint density at radius 2 is 2.00 bits per heavy atom. The van der Waals surface area contributed by atoms with Gasteiger partial charge in [-0.15, -0.1) is 5.10 Å². The summed E-state index contributed by atoms with van der Waals surface area (Å²) in [6.45, 7) is 3.53. The number of carbonyl (C=O) groups is 1. The predicted octanol–water partition coefficient (Wildman–Crippen LogP) is 1.48. The number of aryl methyl sites for hydroxylation is 1. The van der Waals surface area contributed by atoms with Crippen LogP contribution in [0.2, 0.25) is 0 Å². The number of nitrogens with zero attached hydrogens (tertiary/aromatic N) is 7. The maximum absolute atomic E-state index is 12.8. The molecule has 5 rings (SSSR count). The van der Waals surface area contributed by atoms with Crippen LogP contribution < -0.4 is 15.5 Å². The lowest BCUT2D eigenvalue weighted by Gasteiger charge is -2.28. The number of aromatic nitrogens is 6. The highest BCUT2D eigenvalue weighted by Gasteiger charge is 2.15. The van der Waals surface area contributed by atoms with Gasteiger partial charge in [0.25, 0.3) is 5.91 Å². The maximum atomic E-state index is 12.8. The zero-order valence-electron chi connectivity index (χ0n) is 17.0. The zero-order chi connectivity index (χ0) is 21.2. The highest BCUT2D eigenvalue weighted by atomic mass is 16.1. The molecule has 10 heteroatoms. The molecule has 1 aliphatic rings. The van der Waals surface area contributed by atoms with Crippen LogP contribution in [0.4, 0.5) is 11.8 Å². The number of rotatable bonds is 4. The number of hydrogen-bond acceptors (Lipinski definition) is 8. The number of nitrogens with one attached hydrogen (secondary N) is 2. The van der Waals surface area contributed by atoms with Crippen LogP contribution in [0.15, 0.2) is 48.9 Å². The summed E-state index contributed by atoms with van der Waals surface area (Å²) in [6.07, 6.45) is 5.18. The minimum Gasteiger partial charge on any atom is -0.354 e. The summed E-state index contributed by atoms with van der Waals surface area (Å²) in [7, 11) is 1.82. The summed E-state index contributed by atoms with van der Waals surface area (Å²) in [6, 6.07) is 9.27. The first-order valence-electron chi connectivity index (χ1n) is 10.0. The van der Waals surface area contributed by atoms with Crippen LogP contribution in [0.3, 0.4) is 0 Å². The summed E-state index contributed by atoms with van der Waals surface area (Å²) >= 11 is 0. The van der Waals surface area contributed by atoms with Crippen molar-refractivity contribution < 1.29 is 4.79 Å². The lowest BCUT2D eigenvalue weighted by molar-refractivity contribution is 0.102. The highest BCUT2D eigenvalue weighted by Crippen LogP contribution is 2.22. The van der Waals surface area contributed by atoms with E-state index in [-0.39, 0.29) is 11.9 Å². The van der Waals surface area contributed by atoms with E-state index in [2.05, 4.69) is 40.8 Å². The van der Waals surface area contributed by atoms with Gasteiger partial charge in [-0.2, -0.15) is 0 Å². The SMILES string of the molecule is Cn1cc(-c2ccc3cnc(NC(=O)c4ccnc(N5CCNCC5)c4)nc3c2)nn1. The number of carbonyl (C=O) groups excluding carboxylic acids is 1. The van der Waals surface area contributed by atoms with Crippen LogP contribution in [0.1, 0.15) is 10.4 Å². The number of anilines is 2. The van der Waals surface area contributed by atoms with Gasteiger partial charge in [-0.25, -0.2) is 15.0 Å². The van der Waals surface area contributed by atoms with Crippen molar-refractivity contribution in [3.63, 3.8) is 0 Å². The lowest BCUT2D eigenvalue weighted by atomic mass is 10.1. The van der Waals surface area contributed by atoms with Crippen molar-refractivity contribution in [3.05, 3.63) is 54.5 Å². The first-order chi connectivity index (χ1) is 15.2. The fraction of sp³-hybridized carbons (Fsp3) is 0.238. The quantitative estimate of drug-likeness (QED) is 0.515. The maximum Gasteiger partial charge on any atom is 0.258 e. The van der Waals surface area contributed by atoms with E-state index < -0.39 is 0 Å². The third-order valence-corrected chi connectivity index (χ3v) is 5.16. The van der Waals surface area contributed by atoms with Crippen molar-refractivity contribution in [2.45, 2.75) is 0 Å². The first-order valence-corrected chi connectivity index (χ1v) is 10.0. The molecular formula is C21H21N9O. The van der Waals surface area contributed by atoms with Crippen molar-refractivity contribution in [3.8, 4) is 11.3 Å². The van der Waals surface area contributed by atoms with E-state index in [0.717, 1.165) is 48.6 Å². The second kappa shape index (κ2) is 8.07. The van der Waals surface area contributed by atoms with Crippen LogP contribution in [0.5, 0.6) is 0 Å². The minimum atomic E-state index is -0.275. The van der Waals surface area contributed by atoms with Crippen molar-refractivity contribution in [1.29, 1.82) is 0 Å². The molecule has 1 aromatic carbocycles. The lowest BCUT2D eigenvalue weighted by Crippen LogP contribution is -2.43. The van der Waals surface area contributed by atoms with Gasteiger partial charge in [-0.05, 0) is 18.2 Å². The van der Waals surface area contributed by atoms with Crippen LogP contribution in [-0.2, 0) is 7.05 Å². The second-order valence-electron chi connectivity index (χ2n) is 7.34. The molecule has 0 unspecified atom stereocenters. The van der Waals surface area contributed by atoms with E-state index in [4.69, 9.17) is 0 Å². The molecule has 1 fully saturated rings. The van der Waals surface area contributed by atoms with Crippen molar-refractivity contribution >= 4 is 28.6 Å². The summed E-state index contributed by atoms with van der Waals surface area (Å²) in [5.41, 5.74) is 2.88. The Kier molecular flexibility index (Phi) is 4.97. The van der Waals surface area contributed by atoms with Crippen LogP contribution in [0, 0.1) is 0 Å². The first kappa shape index (κ1) is 19.1. The topological polar surface area (TPSA) is 114 Å². The molecule has 1 aliphatic heterocycles. The van der Waals surface area contributed by atoms with Crippen molar-refractivity contribution in [2.24, 2.45) is 7.05 Å². The van der Waals surface area contributed by atoms with Crippen molar-refractivity contribution in [1.82, 2.24) is 35.3 Å². The predicted molar refractivity (Wildman–Crippen MR) is 117 cm³/mol. The molecule has 0 aliphatic carbocycles. The van der Waals surface area contributed by atoms with Crippen LogP contribution >= 0.6 is 0 Å². The average Bonchev–Trinajstić information content (AvgIpc) is 3.25.